The third-order valence-electron chi connectivity index (χ3n) is 7.06. The summed E-state index contributed by atoms with van der Waals surface area (Å²) in [7, 11) is 1.68. The Bertz CT molecular complexity index is 1260. The third kappa shape index (κ3) is 6.61. The lowest BCUT2D eigenvalue weighted by Gasteiger charge is -2.33. The lowest BCUT2D eigenvalue weighted by molar-refractivity contribution is -0.160. The molecule has 1 aliphatic heterocycles. The molecule has 0 radical (unpaired) electrons. The van der Waals surface area contributed by atoms with E-state index in [1.54, 1.807) is 7.11 Å². The molecule has 0 fully saturated rings. The summed E-state index contributed by atoms with van der Waals surface area (Å²) in [5, 5.41) is 10.3. The smallest absolute Gasteiger partial charge is 0.337 e. The number of aromatic nitrogens is 1. The van der Waals surface area contributed by atoms with Gasteiger partial charge in [-0.2, -0.15) is 0 Å². The predicted octanol–water partition coefficient (Wildman–Crippen LogP) is 6.31. The van der Waals surface area contributed by atoms with Crippen molar-refractivity contribution in [3.05, 3.63) is 82.2 Å². The first-order chi connectivity index (χ1) is 18.1. The van der Waals surface area contributed by atoms with Crippen LogP contribution in [-0.4, -0.2) is 46.8 Å². The molecule has 1 N–H and O–H groups in total. The minimum absolute atomic E-state index is 0.622. The van der Waals surface area contributed by atoms with Gasteiger partial charge >= 0.3 is 5.97 Å². The van der Waals surface area contributed by atoms with Gasteiger partial charge in [-0.25, -0.2) is 4.79 Å². The molecule has 1 unspecified atom stereocenters. The van der Waals surface area contributed by atoms with Gasteiger partial charge < -0.3 is 14.6 Å². The quantitative estimate of drug-likeness (QED) is 0.360. The van der Waals surface area contributed by atoms with E-state index >= 15 is 0 Å². The average Bonchev–Trinajstić information content (AvgIpc) is 2.87. The molecule has 0 spiro atoms. The van der Waals surface area contributed by atoms with Crippen molar-refractivity contribution in [3.8, 4) is 16.9 Å². The van der Waals surface area contributed by atoms with Gasteiger partial charge in [0.05, 0.1) is 12.7 Å². The van der Waals surface area contributed by atoms with Crippen LogP contribution in [0.1, 0.15) is 66.9 Å². The van der Waals surface area contributed by atoms with Crippen LogP contribution in [0.2, 0.25) is 0 Å². The average molecular weight is 517 g/mol. The molecule has 3 aromatic rings. The number of hydrogen-bond acceptors (Lipinski definition) is 5. The molecular formula is C32H40N2O4. The van der Waals surface area contributed by atoms with E-state index in [0.29, 0.717) is 5.56 Å². The Morgan fingerprint density at radius 3 is 2.37 bits per heavy atom. The summed E-state index contributed by atoms with van der Waals surface area (Å²) in [5.41, 5.74) is 7.38. The van der Waals surface area contributed by atoms with Crippen molar-refractivity contribution in [3.63, 3.8) is 0 Å². The number of methoxy groups -OCH3 is 1. The number of hydrogen-bond donors (Lipinski definition) is 1. The molecule has 1 atom stereocenters. The number of fused-ring (bicyclic) bond motifs is 1. The second-order valence-corrected chi connectivity index (χ2v) is 11.2. The van der Waals surface area contributed by atoms with E-state index in [2.05, 4.69) is 48.2 Å². The van der Waals surface area contributed by atoms with Crippen LogP contribution in [0, 0.1) is 13.8 Å². The molecule has 6 heteroatoms. The molecule has 38 heavy (non-hydrogen) atoms. The number of aliphatic carboxylic acids is 1. The van der Waals surface area contributed by atoms with Gasteiger partial charge in [0.25, 0.3) is 0 Å². The van der Waals surface area contributed by atoms with Crippen molar-refractivity contribution < 1.29 is 19.4 Å². The second-order valence-electron chi connectivity index (χ2n) is 11.2. The van der Waals surface area contributed by atoms with E-state index in [1.807, 2.05) is 39.8 Å². The second kappa shape index (κ2) is 11.7. The molecule has 4 rings (SSSR count). The fraction of sp³-hybridized carbons (Fsp3) is 0.438. The normalized spacial score (nSPS) is 14.7. The highest BCUT2D eigenvalue weighted by Gasteiger charge is 2.34. The highest BCUT2D eigenvalue weighted by atomic mass is 16.5. The SMILES string of the molecule is COc1ccc(CCCN2CCc3nc(C)c(C(OC(C)(C)C)C(=O)O)c(-c4ccc(C)cc4)c3C2)cc1. The van der Waals surface area contributed by atoms with E-state index in [-0.39, 0.29) is 0 Å². The van der Waals surface area contributed by atoms with Crippen molar-refractivity contribution in [2.75, 3.05) is 20.2 Å². The predicted molar refractivity (Wildman–Crippen MR) is 151 cm³/mol. The topological polar surface area (TPSA) is 71.9 Å². The third-order valence-corrected chi connectivity index (χ3v) is 7.06. The minimum Gasteiger partial charge on any atom is -0.497 e. The monoisotopic (exact) mass is 516 g/mol. The first kappa shape index (κ1) is 27.8. The van der Waals surface area contributed by atoms with Crippen LogP contribution in [-0.2, 0) is 28.9 Å². The van der Waals surface area contributed by atoms with Crippen LogP contribution in [0.3, 0.4) is 0 Å². The van der Waals surface area contributed by atoms with Gasteiger partial charge in [-0.3, -0.25) is 9.88 Å². The van der Waals surface area contributed by atoms with Gasteiger partial charge in [0, 0.05) is 36.5 Å². The van der Waals surface area contributed by atoms with Crippen LogP contribution in [0.25, 0.3) is 11.1 Å². The van der Waals surface area contributed by atoms with Crippen molar-refractivity contribution >= 4 is 5.97 Å². The molecule has 1 aliphatic rings. The van der Waals surface area contributed by atoms with Gasteiger partial charge in [0.1, 0.15) is 5.75 Å². The Morgan fingerprint density at radius 2 is 1.76 bits per heavy atom. The van der Waals surface area contributed by atoms with Gasteiger partial charge in [-0.15, -0.1) is 0 Å². The summed E-state index contributed by atoms with van der Waals surface area (Å²) >= 11 is 0. The zero-order chi connectivity index (χ0) is 27.4. The van der Waals surface area contributed by atoms with E-state index in [9.17, 15) is 9.90 Å². The van der Waals surface area contributed by atoms with Crippen molar-refractivity contribution in [2.24, 2.45) is 0 Å². The summed E-state index contributed by atoms with van der Waals surface area (Å²) in [6, 6.07) is 16.6. The van der Waals surface area contributed by atoms with Crippen LogP contribution in [0.4, 0.5) is 0 Å². The number of aryl methyl sites for hydroxylation is 3. The van der Waals surface area contributed by atoms with Crippen LogP contribution >= 0.6 is 0 Å². The van der Waals surface area contributed by atoms with E-state index < -0.39 is 17.7 Å². The summed E-state index contributed by atoms with van der Waals surface area (Å²) in [6.45, 7) is 12.3. The highest BCUT2D eigenvalue weighted by Crippen LogP contribution is 2.40. The Morgan fingerprint density at radius 1 is 1.08 bits per heavy atom. The molecule has 0 bridgehead atoms. The maximum Gasteiger partial charge on any atom is 0.337 e. The van der Waals surface area contributed by atoms with Crippen molar-refractivity contribution in [1.29, 1.82) is 0 Å². The fourth-order valence-electron chi connectivity index (χ4n) is 5.21. The number of rotatable bonds is 9. The minimum atomic E-state index is -1.10. The summed E-state index contributed by atoms with van der Waals surface area (Å²) in [6.07, 6.45) is 1.78. The lowest BCUT2D eigenvalue weighted by Crippen LogP contribution is -2.34. The van der Waals surface area contributed by atoms with E-state index in [0.717, 1.165) is 78.3 Å². The molecule has 2 heterocycles. The Balaban J connectivity index is 1.67. The molecule has 0 aliphatic carbocycles. The van der Waals surface area contributed by atoms with Crippen molar-refractivity contribution in [2.45, 2.75) is 72.1 Å². The number of carbonyl (C=O) groups is 1. The lowest BCUT2D eigenvalue weighted by atomic mass is 9.87. The van der Waals surface area contributed by atoms with Gasteiger partial charge in [0.2, 0.25) is 0 Å². The first-order valence-corrected chi connectivity index (χ1v) is 13.4. The molecule has 0 saturated carbocycles. The molecule has 2 aromatic carbocycles. The molecule has 1 aromatic heterocycles. The fourth-order valence-corrected chi connectivity index (χ4v) is 5.21. The summed E-state index contributed by atoms with van der Waals surface area (Å²) in [5.74, 6) is -0.121. The number of ether oxygens (including phenoxy) is 2. The number of benzene rings is 2. The van der Waals surface area contributed by atoms with E-state index in [4.69, 9.17) is 14.5 Å². The van der Waals surface area contributed by atoms with Gasteiger partial charge in [-0.05, 0) is 88.4 Å². The first-order valence-electron chi connectivity index (χ1n) is 13.4. The van der Waals surface area contributed by atoms with Gasteiger partial charge in [0.15, 0.2) is 6.10 Å². The van der Waals surface area contributed by atoms with Crippen LogP contribution in [0.15, 0.2) is 48.5 Å². The molecule has 0 amide bonds. The number of pyridine rings is 1. The summed E-state index contributed by atoms with van der Waals surface area (Å²) < 4.78 is 11.4. The number of nitrogens with zero attached hydrogens (tertiary/aromatic N) is 2. The Hall–Kier alpha value is -3.22. The maximum atomic E-state index is 12.5. The molecule has 6 nitrogen and oxygen atoms in total. The standard InChI is InChI=1S/C32H40N2O4/c1-21-9-13-24(14-10-21)29-26-20-34(18-7-8-23-11-15-25(37-6)16-12-23)19-17-27(26)33-22(2)28(29)30(31(35)36)38-32(3,4)5/h9-16,30H,7-8,17-20H2,1-6H3,(H,35,36). The zero-order valence-electron chi connectivity index (χ0n) is 23.5. The van der Waals surface area contributed by atoms with Crippen LogP contribution in [0.5, 0.6) is 5.75 Å². The van der Waals surface area contributed by atoms with E-state index in [1.165, 1.54) is 5.56 Å². The van der Waals surface area contributed by atoms with Gasteiger partial charge in [-0.1, -0.05) is 42.0 Å². The Kier molecular flexibility index (Phi) is 8.54. The van der Waals surface area contributed by atoms with Crippen molar-refractivity contribution in [1.82, 2.24) is 9.88 Å². The summed E-state index contributed by atoms with van der Waals surface area (Å²) in [4.78, 5) is 20.0. The maximum absolute atomic E-state index is 12.5. The largest absolute Gasteiger partial charge is 0.497 e. The molecule has 202 valence electrons. The Labute approximate surface area is 226 Å². The zero-order valence-corrected chi connectivity index (χ0v) is 23.5. The van der Waals surface area contributed by atoms with Crippen LogP contribution < -0.4 is 4.74 Å². The molecule has 0 saturated heterocycles. The molecular weight excluding hydrogens is 476 g/mol. The highest BCUT2D eigenvalue weighted by molar-refractivity contribution is 5.82. The number of carboxylic acids is 1. The number of carboxylic acid groups (broad SMARTS) is 1.